The first-order chi connectivity index (χ1) is 5.83. The average molecular weight is 162 g/mol. The van der Waals surface area contributed by atoms with Gasteiger partial charge in [0.2, 0.25) is 0 Å². The number of hydrogen-bond donors (Lipinski definition) is 1. The maximum atomic E-state index is 8.23. The van der Waals surface area contributed by atoms with Gasteiger partial charge in [-0.05, 0) is 19.1 Å². The van der Waals surface area contributed by atoms with Crippen molar-refractivity contribution in [3.63, 3.8) is 0 Å². The third-order valence-corrected chi connectivity index (χ3v) is 1.25. The fourth-order valence-electron chi connectivity index (χ4n) is 0.701. The number of benzene rings is 1. The summed E-state index contributed by atoms with van der Waals surface area (Å²) in [6.45, 7) is 6.01. The van der Waals surface area contributed by atoms with Crippen LogP contribution in [0.2, 0.25) is 0 Å². The van der Waals surface area contributed by atoms with Gasteiger partial charge in [0.05, 0.1) is 0 Å². The number of nitriles is 1. The van der Waals surface area contributed by atoms with Crippen LogP contribution in [-0.4, -0.2) is 0 Å². The van der Waals surface area contributed by atoms with Gasteiger partial charge in [-0.15, -0.1) is 0 Å². The average Bonchev–Trinajstić information content (AvgIpc) is 2.13. The molecule has 0 spiro atoms. The molecule has 2 nitrogen and oxygen atoms in total. The molecule has 2 heteroatoms. The van der Waals surface area contributed by atoms with E-state index in [9.17, 15) is 0 Å². The summed E-state index contributed by atoms with van der Waals surface area (Å²) in [5, 5.41) is 10.8. The van der Waals surface area contributed by atoms with E-state index in [1.54, 1.807) is 0 Å². The Bertz CT molecular complexity index is 244. The molecular formula is C10H14N2. The van der Waals surface area contributed by atoms with Gasteiger partial charge in [0, 0.05) is 5.69 Å². The molecule has 0 bridgehead atoms. The van der Waals surface area contributed by atoms with Crippen LogP contribution in [0.3, 0.4) is 0 Å². The maximum absolute atomic E-state index is 8.23. The van der Waals surface area contributed by atoms with Crippen LogP contribution < -0.4 is 5.32 Å². The molecular weight excluding hydrogens is 148 g/mol. The number of rotatable bonds is 1. The van der Waals surface area contributed by atoms with Crippen molar-refractivity contribution in [3.8, 4) is 6.19 Å². The zero-order chi connectivity index (χ0) is 9.40. The molecule has 0 saturated carbocycles. The van der Waals surface area contributed by atoms with E-state index in [1.807, 2.05) is 51.2 Å². The zero-order valence-corrected chi connectivity index (χ0v) is 7.76. The fraction of sp³-hybridized carbons (Fsp3) is 0.300. The lowest BCUT2D eigenvalue weighted by atomic mass is 10.2. The predicted molar refractivity (Wildman–Crippen MR) is 51.8 cm³/mol. The van der Waals surface area contributed by atoms with E-state index in [-0.39, 0.29) is 0 Å². The summed E-state index contributed by atoms with van der Waals surface area (Å²) >= 11 is 0. The molecule has 0 radical (unpaired) electrons. The lowest BCUT2D eigenvalue weighted by Crippen LogP contribution is -1.85. The molecule has 1 N–H and O–H groups in total. The van der Waals surface area contributed by atoms with Crippen molar-refractivity contribution in [1.82, 2.24) is 0 Å². The largest absolute Gasteiger partial charge is 0.293 e. The second kappa shape index (κ2) is 6.23. The topological polar surface area (TPSA) is 35.8 Å². The van der Waals surface area contributed by atoms with Crippen molar-refractivity contribution in [1.29, 1.82) is 5.26 Å². The lowest BCUT2D eigenvalue weighted by Gasteiger charge is -1.95. The van der Waals surface area contributed by atoms with Crippen LogP contribution in [0.1, 0.15) is 19.4 Å². The molecule has 1 rings (SSSR count). The van der Waals surface area contributed by atoms with E-state index < -0.39 is 0 Å². The summed E-state index contributed by atoms with van der Waals surface area (Å²) < 4.78 is 0. The molecule has 0 fully saturated rings. The molecule has 0 aromatic heterocycles. The second-order valence-electron chi connectivity index (χ2n) is 2.10. The van der Waals surface area contributed by atoms with Crippen LogP contribution in [0.5, 0.6) is 0 Å². The van der Waals surface area contributed by atoms with Gasteiger partial charge >= 0.3 is 0 Å². The van der Waals surface area contributed by atoms with Crippen LogP contribution in [-0.2, 0) is 0 Å². The quantitative estimate of drug-likeness (QED) is 0.509. The highest BCUT2D eigenvalue weighted by atomic mass is 14.9. The van der Waals surface area contributed by atoms with E-state index in [0.29, 0.717) is 0 Å². The van der Waals surface area contributed by atoms with Gasteiger partial charge in [-0.25, -0.2) is 0 Å². The molecule has 0 aliphatic rings. The monoisotopic (exact) mass is 162 g/mol. The SMILES string of the molecule is CC.Cc1ccc(NC#N)cc1. The van der Waals surface area contributed by atoms with Crippen molar-refractivity contribution in [2.75, 3.05) is 5.32 Å². The van der Waals surface area contributed by atoms with Crippen molar-refractivity contribution < 1.29 is 0 Å². The molecule has 0 aliphatic carbocycles. The van der Waals surface area contributed by atoms with Crippen LogP contribution >= 0.6 is 0 Å². The molecule has 0 aliphatic heterocycles. The summed E-state index contributed by atoms with van der Waals surface area (Å²) in [6.07, 6.45) is 1.85. The molecule has 0 heterocycles. The lowest BCUT2D eigenvalue weighted by molar-refractivity contribution is 1.44. The van der Waals surface area contributed by atoms with Crippen molar-refractivity contribution in [2.24, 2.45) is 0 Å². The summed E-state index contributed by atoms with van der Waals surface area (Å²) in [7, 11) is 0. The van der Waals surface area contributed by atoms with Gasteiger partial charge in [-0.1, -0.05) is 31.5 Å². The minimum absolute atomic E-state index is 0.841. The Morgan fingerprint density at radius 3 is 2.08 bits per heavy atom. The van der Waals surface area contributed by atoms with Gasteiger partial charge in [0.15, 0.2) is 6.19 Å². The second-order valence-corrected chi connectivity index (χ2v) is 2.10. The number of aryl methyl sites for hydroxylation is 1. The minimum Gasteiger partial charge on any atom is -0.293 e. The van der Waals surface area contributed by atoms with Gasteiger partial charge in [0.25, 0.3) is 0 Å². The Morgan fingerprint density at radius 1 is 1.17 bits per heavy atom. The number of anilines is 1. The molecule has 0 atom stereocenters. The van der Waals surface area contributed by atoms with Gasteiger partial charge in [0.1, 0.15) is 0 Å². The van der Waals surface area contributed by atoms with E-state index in [4.69, 9.17) is 5.26 Å². The molecule has 0 amide bonds. The first-order valence-corrected chi connectivity index (χ1v) is 4.04. The molecule has 64 valence electrons. The third-order valence-electron chi connectivity index (χ3n) is 1.25. The first kappa shape index (κ1) is 10.5. The van der Waals surface area contributed by atoms with Crippen molar-refractivity contribution in [2.45, 2.75) is 20.8 Å². The number of nitrogens with zero attached hydrogens (tertiary/aromatic N) is 1. The molecule has 1 aromatic carbocycles. The predicted octanol–water partition coefficient (Wildman–Crippen LogP) is 2.91. The van der Waals surface area contributed by atoms with Crippen molar-refractivity contribution >= 4 is 5.69 Å². The molecule has 1 aromatic rings. The Balaban J connectivity index is 0.000000561. The highest BCUT2D eigenvalue weighted by Crippen LogP contribution is 2.06. The normalized spacial score (nSPS) is 7.50. The Labute approximate surface area is 73.8 Å². The Morgan fingerprint density at radius 2 is 1.67 bits per heavy atom. The Hall–Kier alpha value is -1.49. The van der Waals surface area contributed by atoms with E-state index in [1.165, 1.54) is 5.56 Å². The number of hydrogen-bond acceptors (Lipinski definition) is 2. The number of nitrogens with one attached hydrogen (secondary N) is 1. The summed E-state index contributed by atoms with van der Waals surface area (Å²) in [5.41, 5.74) is 2.04. The summed E-state index contributed by atoms with van der Waals surface area (Å²) in [4.78, 5) is 0. The summed E-state index contributed by atoms with van der Waals surface area (Å²) in [5.74, 6) is 0. The fourth-order valence-corrected chi connectivity index (χ4v) is 0.701. The van der Waals surface area contributed by atoms with Crippen molar-refractivity contribution in [3.05, 3.63) is 29.8 Å². The highest BCUT2D eigenvalue weighted by molar-refractivity contribution is 5.47. The third kappa shape index (κ3) is 3.62. The minimum atomic E-state index is 0.841. The first-order valence-electron chi connectivity index (χ1n) is 4.04. The van der Waals surface area contributed by atoms with E-state index >= 15 is 0 Å². The van der Waals surface area contributed by atoms with E-state index in [0.717, 1.165) is 5.69 Å². The molecule has 0 unspecified atom stereocenters. The zero-order valence-electron chi connectivity index (χ0n) is 7.76. The highest BCUT2D eigenvalue weighted by Gasteiger charge is 1.86. The van der Waals surface area contributed by atoms with Crippen LogP contribution in [0.25, 0.3) is 0 Å². The van der Waals surface area contributed by atoms with Gasteiger partial charge in [-0.2, -0.15) is 5.26 Å². The summed E-state index contributed by atoms with van der Waals surface area (Å²) in [6, 6.07) is 7.66. The standard InChI is InChI=1S/C8H8N2.C2H6/c1-7-2-4-8(5-3-7)10-6-9;1-2/h2-5,10H,1H3;1-2H3. The van der Waals surface area contributed by atoms with Crippen LogP contribution in [0, 0.1) is 18.4 Å². The van der Waals surface area contributed by atoms with E-state index in [2.05, 4.69) is 5.32 Å². The molecule has 0 saturated heterocycles. The van der Waals surface area contributed by atoms with Gasteiger partial charge < -0.3 is 0 Å². The maximum Gasteiger partial charge on any atom is 0.181 e. The Kier molecular flexibility index (Phi) is 5.46. The smallest absolute Gasteiger partial charge is 0.181 e. The van der Waals surface area contributed by atoms with Gasteiger partial charge in [-0.3, -0.25) is 5.32 Å². The molecule has 12 heavy (non-hydrogen) atoms. The van der Waals surface area contributed by atoms with Crippen LogP contribution in [0.15, 0.2) is 24.3 Å². The van der Waals surface area contributed by atoms with Crippen LogP contribution in [0.4, 0.5) is 5.69 Å².